The smallest absolute Gasteiger partial charge is 0.275 e. The van der Waals surface area contributed by atoms with Crippen molar-refractivity contribution in [3.63, 3.8) is 0 Å². The van der Waals surface area contributed by atoms with Gasteiger partial charge >= 0.3 is 0 Å². The molecule has 1 aromatic carbocycles. The summed E-state index contributed by atoms with van der Waals surface area (Å²) < 4.78 is 5.53. The van der Waals surface area contributed by atoms with E-state index in [1.807, 2.05) is 20.8 Å². The molecule has 2 rings (SSSR count). The Balaban J connectivity index is 1.83. The minimum Gasteiger partial charge on any atom is -0.491 e. The molecule has 0 radical (unpaired) electrons. The quantitative estimate of drug-likeness (QED) is 0.675. The lowest BCUT2D eigenvalue weighted by Crippen LogP contribution is -2.35. The molecule has 0 saturated heterocycles. The predicted octanol–water partition coefficient (Wildman–Crippen LogP) is 1.78. The summed E-state index contributed by atoms with van der Waals surface area (Å²) in [6.45, 7) is 6.52. The standard InChI is InChI=1S/C18H24N4O3/c1-12(2)19-9-15(23)11-25-16-6-4-14(5-7-16)22-18(24)17-10-20-13(3)8-21-17/h4-8,10,12,15,19,23H,9,11H2,1-3H3,(H,22,24). The second kappa shape index (κ2) is 9.10. The number of anilines is 1. The largest absolute Gasteiger partial charge is 0.491 e. The van der Waals surface area contributed by atoms with Crippen molar-refractivity contribution in [3.05, 3.63) is 48.0 Å². The van der Waals surface area contributed by atoms with Crippen molar-refractivity contribution in [1.82, 2.24) is 15.3 Å². The highest BCUT2D eigenvalue weighted by Crippen LogP contribution is 2.16. The summed E-state index contributed by atoms with van der Waals surface area (Å²) in [5, 5.41) is 15.7. The van der Waals surface area contributed by atoms with Gasteiger partial charge in [0.1, 0.15) is 24.2 Å². The van der Waals surface area contributed by atoms with Crippen LogP contribution in [0, 0.1) is 6.92 Å². The molecule has 1 atom stereocenters. The number of benzene rings is 1. The van der Waals surface area contributed by atoms with Crippen molar-refractivity contribution >= 4 is 11.6 Å². The molecule has 0 fully saturated rings. The van der Waals surface area contributed by atoms with E-state index in [0.29, 0.717) is 24.0 Å². The van der Waals surface area contributed by atoms with Gasteiger partial charge in [0, 0.05) is 24.5 Å². The molecular formula is C18H24N4O3. The summed E-state index contributed by atoms with van der Waals surface area (Å²) in [7, 11) is 0. The molecule has 2 aromatic rings. The Labute approximate surface area is 147 Å². The molecule has 1 unspecified atom stereocenters. The van der Waals surface area contributed by atoms with Gasteiger partial charge in [0.05, 0.1) is 11.9 Å². The highest BCUT2D eigenvalue weighted by molar-refractivity contribution is 6.02. The topological polar surface area (TPSA) is 96.4 Å². The van der Waals surface area contributed by atoms with Crippen LogP contribution in [0.4, 0.5) is 5.69 Å². The fourth-order valence-corrected chi connectivity index (χ4v) is 1.96. The van der Waals surface area contributed by atoms with Crippen LogP contribution in [0.25, 0.3) is 0 Å². The fourth-order valence-electron chi connectivity index (χ4n) is 1.96. The lowest BCUT2D eigenvalue weighted by atomic mass is 10.3. The SMILES string of the molecule is Cc1cnc(C(=O)Nc2ccc(OCC(O)CNC(C)C)cc2)cn1. The van der Waals surface area contributed by atoms with Crippen LogP contribution >= 0.6 is 0 Å². The monoisotopic (exact) mass is 344 g/mol. The van der Waals surface area contributed by atoms with E-state index < -0.39 is 6.10 Å². The van der Waals surface area contributed by atoms with Crippen molar-refractivity contribution < 1.29 is 14.6 Å². The van der Waals surface area contributed by atoms with Crippen molar-refractivity contribution in [2.75, 3.05) is 18.5 Å². The molecule has 0 aliphatic carbocycles. The number of aliphatic hydroxyl groups excluding tert-OH is 1. The number of aryl methyl sites for hydroxylation is 1. The molecule has 0 spiro atoms. The van der Waals surface area contributed by atoms with Crippen LogP contribution in [0.1, 0.15) is 30.0 Å². The number of amides is 1. The van der Waals surface area contributed by atoms with E-state index in [1.165, 1.54) is 6.20 Å². The summed E-state index contributed by atoms with van der Waals surface area (Å²) in [5.41, 5.74) is 1.64. The van der Waals surface area contributed by atoms with Gasteiger partial charge in [0.25, 0.3) is 5.91 Å². The summed E-state index contributed by atoms with van der Waals surface area (Å²) in [4.78, 5) is 20.2. The first kappa shape index (κ1) is 18.8. The van der Waals surface area contributed by atoms with Crippen LogP contribution in [0.15, 0.2) is 36.7 Å². The molecule has 0 aliphatic rings. The van der Waals surface area contributed by atoms with Crippen molar-refractivity contribution in [3.8, 4) is 5.75 Å². The number of rotatable bonds is 8. The van der Waals surface area contributed by atoms with Crippen molar-refractivity contribution in [1.29, 1.82) is 0 Å². The lowest BCUT2D eigenvalue weighted by Gasteiger charge is -2.15. The van der Waals surface area contributed by atoms with Crippen LogP contribution in [-0.4, -0.2) is 46.3 Å². The normalized spacial score (nSPS) is 12.0. The van der Waals surface area contributed by atoms with Gasteiger partial charge in [-0.1, -0.05) is 13.8 Å². The van der Waals surface area contributed by atoms with Gasteiger partial charge in [-0.2, -0.15) is 0 Å². The summed E-state index contributed by atoms with van der Waals surface area (Å²) >= 11 is 0. The summed E-state index contributed by atoms with van der Waals surface area (Å²) in [6, 6.07) is 7.25. The van der Waals surface area contributed by atoms with E-state index in [4.69, 9.17) is 4.74 Å². The van der Waals surface area contributed by atoms with Gasteiger partial charge in [0.15, 0.2) is 0 Å². The van der Waals surface area contributed by atoms with Crippen LogP contribution < -0.4 is 15.4 Å². The first-order chi connectivity index (χ1) is 11.9. The maximum atomic E-state index is 12.1. The zero-order valence-corrected chi connectivity index (χ0v) is 14.7. The number of ether oxygens (including phenoxy) is 1. The second-order valence-corrected chi connectivity index (χ2v) is 6.05. The first-order valence-electron chi connectivity index (χ1n) is 8.18. The molecule has 0 bridgehead atoms. The van der Waals surface area contributed by atoms with Gasteiger partial charge in [0.2, 0.25) is 0 Å². The average Bonchev–Trinajstić information content (AvgIpc) is 2.60. The first-order valence-corrected chi connectivity index (χ1v) is 8.18. The molecular weight excluding hydrogens is 320 g/mol. The zero-order valence-electron chi connectivity index (χ0n) is 14.7. The third kappa shape index (κ3) is 6.48. The number of hydrogen-bond acceptors (Lipinski definition) is 6. The van der Waals surface area contributed by atoms with Crippen LogP contribution in [0.5, 0.6) is 5.75 Å². The van der Waals surface area contributed by atoms with E-state index in [-0.39, 0.29) is 18.2 Å². The molecule has 1 heterocycles. The lowest BCUT2D eigenvalue weighted by molar-refractivity contribution is 0.102. The van der Waals surface area contributed by atoms with E-state index in [1.54, 1.807) is 30.5 Å². The Morgan fingerprint density at radius 2 is 1.92 bits per heavy atom. The summed E-state index contributed by atoms with van der Waals surface area (Å²) in [5.74, 6) is 0.299. The van der Waals surface area contributed by atoms with Gasteiger partial charge in [-0.25, -0.2) is 4.98 Å². The third-order valence-electron chi connectivity index (χ3n) is 3.33. The van der Waals surface area contributed by atoms with Gasteiger partial charge in [-0.15, -0.1) is 0 Å². The molecule has 7 heteroatoms. The molecule has 1 aromatic heterocycles. The Hall–Kier alpha value is -2.51. The minimum absolute atomic E-state index is 0.199. The Morgan fingerprint density at radius 1 is 1.20 bits per heavy atom. The highest BCUT2D eigenvalue weighted by atomic mass is 16.5. The van der Waals surface area contributed by atoms with Gasteiger partial charge in [-0.3, -0.25) is 9.78 Å². The molecule has 7 nitrogen and oxygen atoms in total. The number of aliphatic hydroxyl groups is 1. The molecule has 0 aliphatic heterocycles. The predicted molar refractivity (Wildman–Crippen MR) is 95.8 cm³/mol. The van der Waals surface area contributed by atoms with E-state index in [0.717, 1.165) is 5.69 Å². The van der Waals surface area contributed by atoms with Crippen LogP contribution in [0.3, 0.4) is 0 Å². The Morgan fingerprint density at radius 3 is 2.52 bits per heavy atom. The van der Waals surface area contributed by atoms with Crippen LogP contribution in [-0.2, 0) is 0 Å². The highest BCUT2D eigenvalue weighted by Gasteiger charge is 2.09. The van der Waals surface area contributed by atoms with Gasteiger partial charge in [-0.05, 0) is 31.2 Å². The van der Waals surface area contributed by atoms with Crippen LogP contribution in [0.2, 0.25) is 0 Å². The van der Waals surface area contributed by atoms with Crippen molar-refractivity contribution in [2.45, 2.75) is 32.9 Å². The van der Waals surface area contributed by atoms with Crippen molar-refractivity contribution in [2.24, 2.45) is 0 Å². The second-order valence-electron chi connectivity index (χ2n) is 6.05. The number of nitrogens with zero attached hydrogens (tertiary/aromatic N) is 2. The third-order valence-corrected chi connectivity index (χ3v) is 3.33. The number of aromatic nitrogens is 2. The van der Waals surface area contributed by atoms with Gasteiger partial charge < -0.3 is 20.5 Å². The molecule has 1 amide bonds. The molecule has 0 saturated carbocycles. The Bertz CT molecular complexity index is 672. The van der Waals surface area contributed by atoms with E-state index in [9.17, 15) is 9.90 Å². The van der Waals surface area contributed by atoms with E-state index >= 15 is 0 Å². The Kier molecular flexibility index (Phi) is 6.85. The summed E-state index contributed by atoms with van der Waals surface area (Å²) in [6.07, 6.45) is 2.40. The minimum atomic E-state index is -0.582. The van der Waals surface area contributed by atoms with E-state index in [2.05, 4.69) is 20.6 Å². The number of hydrogen-bond donors (Lipinski definition) is 3. The molecule has 25 heavy (non-hydrogen) atoms. The number of carbonyl (C=O) groups is 1. The molecule has 3 N–H and O–H groups in total. The maximum Gasteiger partial charge on any atom is 0.275 e. The molecule has 134 valence electrons. The average molecular weight is 344 g/mol. The maximum absolute atomic E-state index is 12.1. The number of nitrogens with one attached hydrogen (secondary N) is 2. The number of carbonyl (C=O) groups excluding carboxylic acids is 1. The zero-order chi connectivity index (χ0) is 18.2. The fraction of sp³-hybridized carbons (Fsp3) is 0.389.